The normalized spacial score (nSPS) is 21.7. The van der Waals surface area contributed by atoms with Gasteiger partial charge in [0.15, 0.2) is 0 Å². The lowest BCUT2D eigenvalue weighted by atomic mass is 9.81. The third-order valence-electron chi connectivity index (χ3n) is 6.96. The molecule has 2 aliphatic heterocycles. The maximum atomic E-state index is 11.0. The quantitative estimate of drug-likeness (QED) is 0.597. The predicted octanol–water partition coefficient (Wildman–Crippen LogP) is 3.75. The van der Waals surface area contributed by atoms with Crippen LogP contribution < -0.4 is 4.74 Å². The number of aryl methyl sites for hydroxylation is 1. The van der Waals surface area contributed by atoms with Gasteiger partial charge in [0.25, 0.3) is 0 Å². The lowest BCUT2D eigenvalue weighted by Gasteiger charge is -2.46. The number of likely N-dealkylation sites (tertiary alicyclic amines) is 1. The van der Waals surface area contributed by atoms with E-state index in [9.17, 15) is 15.3 Å². The molecule has 3 aromatic rings. The first-order valence-corrected chi connectivity index (χ1v) is 11.2. The van der Waals surface area contributed by atoms with E-state index in [1.807, 2.05) is 12.1 Å². The molecular weight excluding hydrogens is 392 g/mol. The summed E-state index contributed by atoms with van der Waals surface area (Å²) in [6, 6.07) is 13.2. The number of nitrogens with zero attached hydrogens (tertiary/aromatic N) is 2. The number of aliphatic hydroxyl groups excluding tert-OH is 2. The molecular formula is C25H30N2O4. The first-order chi connectivity index (χ1) is 15.0. The molecule has 0 unspecified atom stereocenters. The lowest BCUT2D eigenvalue weighted by molar-refractivity contribution is -0.0588. The molecule has 1 fully saturated rings. The topological polar surface area (TPSA) is 78.1 Å². The molecule has 0 amide bonds. The first kappa shape index (κ1) is 20.4. The van der Waals surface area contributed by atoms with Crippen LogP contribution >= 0.6 is 0 Å². The van der Waals surface area contributed by atoms with E-state index >= 15 is 0 Å². The number of piperidine rings is 1. The van der Waals surface area contributed by atoms with Crippen molar-refractivity contribution in [2.45, 2.75) is 50.5 Å². The van der Waals surface area contributed by atoms with Crippen LogP contribution in [-0.4, -0.2) is 50.0 Å². The molecule has 3 N–H and O–H groups in total. The number of hydrogen-bond donors (Lipinski definition) is 3. The predicted molar refractivity (Wildman–Crippen MR) is 119 cm³/mol. The fourth-order valence-electron chi connectivity index (χ4n) is 5.22. The van der Waals surface area contributed by atoms with Gasteiger partial charge in [-0.3, -0.25) is 0 Å². The summed E-state index contributed by atoms with van der Waals surface area (Å²) in [7, 11) is 0. The minimum atomic E-state index is -0.631. The van der Waals surface area contributed by atoms with Gasteiger partial charge in [-0.15, -0.1) is 0 Å². The molecule has 6 heteroatoms. The standard InChI is InChI=1S/C25H30N2O4/c1-2-27-15-20(18-5-3-4-6-21(18)27)23(30)16-26-11-9-25(10-12-26)14-22(29)19-13-17(28)7-8-24(19)31-25/h3-8,13,15,22-23,28-30H,2,9-12,14,16H2,1H3/t22-,23+/m0/s1. The molecule has 2 aliphatic rings. The summed E-state index contributed by atoms with van der Waals surface area (Å²) in [4.78, 5) is 2.29. The zero-order valence-corrected chi connectivity index (χ0v) is 17.9. The molecule has 0 saturated carbocycles. The number of fused-ring (bicyclic) bond motifs is 2. The van der Waals surface area contributed by atoms with E-state index in [0.29, 0.717) is 24.3 Å². The molecule has 0 bridgehead atoms. The van der Waals surface area contributed by atoms with Crippen LogP contribution in [0, 0.1) is 0 Å². The van der Waals surface area contributed by atoms with Gasteiger partial charge < -0.3 is 29.5 Å². The molecule has 0 radical (unpaired) electrons. The van der Waals surface area contributed by atoms with Gasteiger partial charge in [-0.1, -0.05) is 18.2 Å². The van der Waals surface area contributed by atoms with Gasteiger partial charge in [0, 0.05) is 60.8 Å². The Morgan fingerprint density at radius 2 is 1.94 bits per heavy atom. The van der Waals surface area contributed by atoms with Crippen molar-refractivity contribution in [3.05, 3.63) is 59.8 Å². The van der Waals surface area contributed by atoms with Gasteiger partial charge >= 0.3 is 0 Å². The molecule has 5 rings (SSSR count). The van der Waals surface area contributed by atoms with Crippen molar-refractivity contribution in [1.29, 1.82) is 0 Å². The summed E-state index contributed by atoms with van der Waals surface area (Å²) in [6.45, 7) is 5.19. The molecule has 0 aliphatic carbocycles. The van der Waals surface area contributed by atoms with Gasteiger partial charge in [0.2, 0.25) is 0 Å². The van der Waals surface area contributed by atoms with Gasteiger partial charge in [0.05, 0.1) is 12.2 Å². The van der Waals surface area contributed by atoms with Crippen LogP contribution in [0.4, 0.5) is 0 Å². The highest BCUT2D eigenvalue weighted by Gasteiger charge is 2.43. The second-order valence-electron chi connectivity index (χ2n) is 8.93. The summed E-state index contributed by atoms with van der Waals surface area (Å²) in [5.41, 5.74) is 2.42. The van der Waals surface area contributed by atoms with Gasteiger partial charge in [-0.2, -0.15) is 0 Å². The average Bonchev–Trinajstić information content (AvgIpc) is 3.15. The number of aromatic nitrogens is 1. The molecule has 2 atom stereocenters. The van der Waals surface area contributed by atoms with E-state index in [4.69, 9.17) is 4.74 Å². The number of ether oxygens (including phenoxy) is 1. The Bertz CT molecular complexity index is 1080. The molecule has 164 valence electrons. The third kappa shape index (κ3) is 3.69. The molecule has 1 spiro atoms. The molecule has 1 aromatic heterocycles. The number of para-hydroxylation sites is 1. The van der Waals surface area contributed by atoms with Gasteiger partial charge in [-0.25, -0.2) is 0 Å². The Balaban J connectivity index is 1.27. The molecule has 1 saturated heterocycles. The van der Waals surface area contributed by atoms with Crippen molar-refractivity contribution in [1.82, 2.24) is 9.47 Å². The van der Waals surface area contributed by atoms with Crippen LogP contribution in [0.25, 0.3) is 10.9 Å². The monoisotopic (exact) mass is 422 g/mol. The average molecular weight is 423 g/mol. The maximum Gasteiger partial charge on any atom is 0.126 e. The van der Waals surface area contributed by atoms with E-state index in [-0.39, 0.29) is 11.4 Å². The number of β-amino-alcohol motifs (C(OH)–C–C–N with tert-alkyl or cyclic N) is 1. The van der Waals surface area contributed by atoms with Crippen LogP contribution in [0.15, 0.2) is 48.7 Å². The molecule has 3 heterocycles. The second kappa shape index (κ2) is 7.86. The summed E-state index contributed by atoms with van der Waals surface area (Å²) >= 11 is 0. The van der Waals surface area contributed by atoms with E-state index in [2.05, 4.69) is 34.7 Å². The smallest absolute Gasteiger partial charge is 0.126 e. The van der Waals surface area contributed by atoms with Crippen molar-refractivity contribution in [2.24, 2.45) is 0 Å². The van der Waals surface area contributed by atoms with E-state index in [1.165, 1.54) is 0 Å². The minimum Gasteiger partial charge on any atom is -0.508 e. The highest BCUT2D eigenvalue weighted by molar-refractivity contribution is 5.84. The largest absolute Gasteiger partial charge is 0.508 e. The van der Waals surface area contributed by atoms with Crippen molar-refractivity contribution in [3.63, 3.8) is 0 Å². The van der Waals surface area contributed by atoms with Crippen molar-refractivity contribution in [2.75, 3.05) is 19.6 Å². The SMILES string of the molecule is CCn1cc([C@H](O)CN2CCC3(CC2)C[C@H](O)c2cc(O)ccc2O3)c2ccccc21. The van der Waals surface area contributed by atoms with E-state index in [0.717, 1.165) is 48.9 Å². The fourth-order valence-corrected chi connectivity index (χ4v) is 5.22. The summed E-state index contributed by atoms with van der Waals surface area (Å²) in [6.07, 6.45) is 3.03. The molecule has 2 aromatic carbocycles. The Hall–Kier alpha value is -2.54. The van der Waals surface area contributed by atoms with Crippen LogP contribution in [0.3, 0.4) is 0 Å². The van der Waals surface area contributed by atoms with Crippen LogP contribution in [0.1, 0.15) is 49.5 Å². The second-order valence-corrected chi connectivity index (χ2v) is 8.93. The zero-order valence-electron chi connectivity index (χ0n) is 17.9. The number of phenols is 1. The lowest BCUT2D eigenvalue weighted by Crippen LogP contribution is -2.51. The Kier molecular flexibility index (Phi) is 5.16. The summed E-state index contributed by atoms with van der Waals surface area (Å²) in [5, 5.41) is 32.5. The van der Waals surface area contributed by atoms with Crippen LogP contribution in [-0.2, 0) is 6.54 Å². The zero-order chi connectivity index (χ0) is 21.6. The van der Waals surface area contributed by atoms with Crippen molar-refractivity contribution < 1.29 is 20.1 Å². The van der Waals surface area contributed by atoms with Crippen LogP contribution in [0.5, 0.6) is 11.5 Å². The Morgan fingerprint density at radius 1 is 1.16 bits per heavy atom. The first-order valence-electron chi connectivity index (χ1n) is 11.2. The number of aliphatic hydroxyl groups is 2. The number of phenolic OH excluding ortho intramolecular Hbond substituents is 1. The minimum absolute atomic E-state index is 0.144. The van der Waals surface area contributed by atoms with Gasteiger partial charge in [0.1, 0.15) is 17.1 Å². The maximum absolute atomic E-state index is 11.0. The highest BCUT2D eigenvalue weighted by atomic mass is 16.5. The summed E-state index contributed by atoms with van der Waals surface area (Å²) < 4.78 is 8.52. The number of benzene rings is 2. The number of hydrogen-bond acceptors (Lipinski definition) is 5. The molecule has 31 heavy (non-hydrogen) atoms. The Labute approximate surface area is 182 Å². The van der Waals surface area contributed by atoms with Gasteiger partial charge in [-0.05, 0) is 44.0 Å². The van der Waals surface area contributed by atoms with E-state index in [1.54, 1.807) is 18.2 Å². The highest BCUT2D eigenvalue weighted by Crippen LogP contribution is 2.45. The number of aromatic hydroxyl groups is 1. The van der Waals surface area contributed by atoms with Crippen molar-refractivity contribution in [3.8, 4) is 11.5 Å². The number of rotatable bonds is 4. The van der Waals surface area contributed by atoms with Crippen molar-refractivity contribution >= 4 is 10.9 Å². The Morgan fingerprint density at radius 3 is 2.71 bits per heavy atom. The summed E-state index contributed by atoms with van der Waals surface area (Å²) in [5.74, 6) is 0.808. The fraction of sp³-hybridized carbons (Fsp3) is 0.440. The molecule has 6 nitrogen and oxygen atoms in total. The van der Waals surface area contributed by atoms with Crippen LogP contribution in [0.2, 0.25) is 0 Å². The van der Waals surface area contributed by atoms with E-state index < -0.39 is 12.2 Å². The third-order valence-corrected chi connectivity index (χ3v) is 6.96.